The van der Waals surface area contributed by atoms with Crippen molar-refractivity contribution < 1.29 is 9.26 Å². The SMILES string of the molecule is CO/N=C1/CC2C3CCC4CC(O[Si](C)(C)C)CCC4(C)C3CCC2(C)C1. The van der Waals surface area contributed by atoms with E-state index in [-0.39, 0.29) is 0 Å². The molecule has 0 aromatic rings. The lowest BCUT2D eigenvalue weighted by Crippen LogP contribution is -2.53. The minimum atomic E-state index is -1.43. The van der Waals surface area contributed by atoms with Gasteiger partial charge in [-0.25, -0.2) is 0 Å². The molecule has 0 radical (unpaired) electrons. The second-order valence-corrected chi connectivity index (χ2v) is 16.2. The van der Waals surface area contributed by atoms with Crippen LogP contribution >= 0.6 is 0 Å². The predicted molar refractivity (Wildman–Crippen MR) is 114 cm³/mol. The molecule has 0 bridgehead atoms. The van der Waals surface area contributed by atoms with Gasteiger partial charge < -0.3 is 9.26 Å². The fourth-order valence-electron chi connectivity index (χ4n) is 7.83. The van der Waals surface area contributed by atoms with Gasteiger partial charge in [0.05, 0.1) is 5.71 Å². The van der Waals surface area contributed by atoms with Gasteiger partial charge in [-0.1, -0.05) is 19.0 Å². The van der Waals surface area contributed by atoms with Gasteiger partial charge in [-0.15, -0.1) is 0 Å². The Morgan fingerprint density at radius 1 is 1.00 bits per heavy atom. The number of hydrogen-bond acceptors (Lipinski definition) is 3. The maximum Gasteiger partial charge on any atom is 0.184 e. The fourth-order valence-corrected chi connectivity index (χ4v) is 9.04. The minimum Gasteiger partial charge on any atom is -0.415 e. The molecule has 0 spiro atoms. The van der Waals surface area contributed by atoms with E-state index in [1.165, 1.54) is 63.5 Å². The average Bonchev–Trinajstić information content (AvgIpc) is 2.90. The van der Waals surface area contributed by atoms with E-state index in [1.807, 2.05) is 0 Å². The molecule has 154 valence electrons. The second-order valence-electron chi connectivity index (χ2n) is 11.7. The molecule has 4 fully saturated rings. The third-order valence-electron chi connectivity index (χ3n) is 8.94. The lowest BCUT2D eigenvalue weighted by molar-refractivity contribution is -0.118. The summed E-state index contributed by atoms with van der Waals surface area (Å²) in [7, 11) is 0.273. The first kappa shape index (κ1) is 19.9. The van der Waals surface area contributed by atoms with Crippen molar-refractivity contribution in [2.45, 2.75) is 97.4 Å². The fraction of sp³-hybridized carbons (Fsp3) is 0.957. The zero-order valence-electron chi connectivity index (χ0n) is 18.5. The largest absolute Gasteiger partial charge is 0.415 e. The van der Waals surface area contributed by atoms with E-state index in [1.54, 1.807) is 7.11 Å². The molecule has 0 aromatic carbocycles. The average molecular weight is 392 g/mol. The van der Waals surface area contributed by atoms with Gasteiger partial charge >= 0.3 is 0 Å². The van der Waals surface area contributed by atoms with Crippen LogP contribution in [0.3, 0.4) is 0 Å². The van der Waals surface area contributed by atoms with Crippen LogP contribution in [0.4, 0.5) is 0 Å². The molecule has 0 aliphatic heterocycles. The molecule has 4 aliphatic carbocycles. The highest BCUT2D eigenvalue weighted by Crippen LogP contribution is 2.66. The number of hydrogen-bond donors (Lipinski definition) is 0. The standard InChI is InChI=1S/C23H41NO2Si/c1-22-11-10-20-19(21(22)14-17(15-22)24-25-3)8-7-16-13-18(26-27(4,5)6)9-12-23(16,20)2/h16,18-21H,7-15H2,1-6H3/b24-17-. The van der Waals surface area contributed by atoms with Crippen LogP contribution in [0.2, 0.25) is 19.6 Å². The first-order valence-electron chi connectivity index (χ1n) is 11.4. The Balaban J connectivity index is 1.51. The Bertz CT molecular complexity index is 600. The van der Waals surface area contributed by atoms with Crippen LogP contribution < -0.4 is 0 Å². The third kappa shape index (κ3) is 3.54. The Morgan fingerprint density at radius 2 is 1.78 bits per heavy atom. The summed E-state index contributed by atoms with van der Waals surface area (Å²) in [5, 5.41) is 4.38. The molecule has 0 saturated heterocycles. The molecular weight excluding hydrogens is 350 g/mol. The van der Waals surface area contributed by atoms with E-state index >= 15 is 0 Å². The van der Waals surface area contributed by atoms with Crippen molar-refractivity contribution in [1.29, 1.82) is 0 Å². The lowest BCUT2D eigenvalue weighted by atomic mass is 9.45. The summed E-state index contributed by atoms with van der Waals surface area (Å²) >= 11 is 0. The molecule has 7 atom stereocenters. The summed E-state index contributed by atoms with van der Waals surface area (Å²) in [4.78, 5) is 5.15. The van der Waals surface area contributed by atoms with Crippen LogP contribution in [0, 0.1) is 34.5 Å². The minimum absolute atomic E-state index is 0.472. The molecule has 0 heterocycles. The first-order valence-corrected chi connectivity index (χ1v) is 14.8. The number of fused-ring (bicyclic) bond motifs is 5. The van der Waals surface area contributed by atoms with Crippen molar-refractivity contribution in [1.82, 2.24) is 0 Å². The topological polar surface area (TPSA) is 30.8 Å². The second kappa shape index (κ2) is 6.86. The molecule has 0 aromatic heterocycles. The zero-order chi connectivity index (χ0) is 19.4. The molecular formula is C23H41NO2Si. The normalized spacial score (nSPS) is 48.7. The summed E-state index contributed by atoms with van der Waals surface area (Å²) in [6.45, 7) is 12.2. The van der Waals surface area contributed by atoms with Gasteiger partial charge in [-0.2, -0.15) is 0 Å². The number of oxime groups is 1. The highest BCUT2D eigenvalue weighted by Gasteiger charge is 2.59. The summed E-state index contributed by atoms with van der Waals surface area (Å²) in [6.07, 6.45) is 12.6. The Morgan fingerprint density at radius 3 is 2.48 bits per heavy atom. The van der Waals surface area contributed by atoms with Crippen LogP contribution in [0.1, 0.15) is 71.6 Å². The van der Waals surface area contributed by atoms with Crippen molar-refractivity contribution in [3.05, 3.63) is 0 Å². The number of rotatable bonds is 3. The molecule has 3 nitrogen and oxygen atoms in total. The van der Waals surface area contributed by atoms with Gasteiger partial charge in [0, 0.05) is 6.10 Å². The number of nitrogens with zero attached hydrogens (tertiary/aromatic N) is 1. The van der Waals surface area contributed by atoms with Gasteiger partial charge in [0.2, 0.25) is 0 Å². The van der Waals surface area contributed by atoms with Crippen molar-refractivity contribution in [2.24, 2.45) is 39.7 Å². The maximum atomic E-state index is 6.54. The highest BCUT2D eigenvalue weighted by atomic mass is 28.4. The molecule has 4 rings (SSSR count). The van der Waals surface area contributed by atoms with E-state index < -0.39 is 8.32 Å². The zero-order valence-corrected chi connectivity index (χ0v) is 19.5. The molecule has 4 saturated carbocycles. The van der Waals surface area contributed by atoms with Gasteiger partial charge in [0.1, 0.15) is 7.11 Å². The quantitative estimate of drug-likeness (QED) is 0.420. The van der Waals surface area contributed by atoms with Crippen LogP contribution in [0.25, 0.3) is 0 Å². The molecule has 0 amide bonds. The first-order chi connectivity index (χ1) is 12.6. The van der Waals surface area contributed by atoms with Crippen molar-refractivity contribution >= 4 is 14.0 Å². The van der Waals surface area contributed by atoms with Crippen LogP contribution in [0.5, 0.6) is 0 Å². The van der Waals surface area contributed by atoms with Crippen molar-refractivity contribution in [3.8, 4) is 0 Å². The summed E-state index contributed by atoms with van der Waals surface area (Å²) in [5.74, 6) is 3.54. The van der Waals surface area contributed by atoms with E-state index in [9.17, 15) is 0 Å². The van der Waals surface area contributed by atoms with Crippen molar-refractivity contribution in [3.63, 3.8) is 0 Å². The van der Waals surface area contributed by atoms with Crippen LogP contribution in [-0.2, 0) is 9.26 Å². The Labute approximate surface area is 167 Å². The lowest BCUT2D eigenvalue weighted by Gasteiger charge is -2.60. The van der Waals surface area contributed by atoms with Gasteiger partial charge in [-0.05, 0) is 112 Å². The molecule has 4 aliphatic rings. The monoisotopic (exact) mass is 391 g/mol. The van der Waals surface area contributed by atoms with E-state index in [0.29, 0.717) is 16.9 Å². The summed E-state index contributed by atoms with van der Waals surface area (Å²) in [6, 6.07) is 0. The van der Waals surface area contributed by atoms with Gasteiger partial charge in [-0.3, -0.25) is 0 Å². The summed E-state index contributed by atoms with van der Waals surface area (Å²) < 4.78 is 6.54. The van der Waals surface area contributed by atoms with Crippen molar-refractivity contribution in [2.75, 3.05) is 7.11 Å². The molecule has 27 heavy (non-hydrogen) atoms. The molecule has 7 unspecified atom stereocenters. The molecule has 0 N–H and O–H groups in total. The smallest absolute Gasteiger partial charge is 0.184 e. The summed E-state index contributed by atoms with van der Waals surface area (Å²) in [5.41, 5.74) is 2.34. The van der Waals surface area contributed by atoms with Gasteiger partial charge in [0.15, 0.2) is 8.32 Å². The van der Waals surface area contributed by atoms with E-state index in [4.69, 9.17) is 9.26 Å². The molecule has 4 heteroatoms. The Hall–Kier alpha value is -0.353. The van der Waals surface area contributed by atoms with E-state index in [2.05, 4.69) is 38.6 Å². The van der Waals surface area contributed by atoms with Gasteiger partial charge in [0.25, 0.3) is 0 Å². The van der Waals surface area contributed by atoms with E-state index in [0.717, 1.165) is 23.7 Å². The van der Waals surface area contributed by atoms with Crippen LogP contribution in [0.15, 0.2) is 5.16 Å². The predicted octanol–water partition coefficient (Wildman–Crippen LogP) is 6.25. The Kier molecular flexibility index (Phi) is 5.07. The maximum absolute atomic E-state index is 6.54. The highest BCUT2D eigenvalue weighted by molar-refractivity contribution is 6.69. The van der Waals surface area contributed by atoms with Crippen LogP contribution in [-0.4, -0.2) is 27.2 Å². The third-order valence-corrected chi connectivity index (χ3v) is 9.98.